The van der Waals surface area contributed by atoms with E-state index in [-0.39, 0.29) is 6.03 Å². The molecule has 1 rings (SSSR count). The van der Waals surface area contributed by atoms with E-state index in [2.05, 4.69) is 5.32 Å². The van der Waals surface area contributed by atoms with E-state index in [9.17, 15) is 4.79 Å². The number of nitrogens with one attached hydrogen (secondary N) is 1. The van der Waals surface area contributed by atoms with Gasteiger partial charge in [-0.25, -0.2) is 4.79 Å². The molecule has 0 bridgehead atoms. The normalized spacial score (nSPS) is 24.6. The van der Waals surface area contributed by atoms with Gasteiger partial charge in [0.25, 0.3) is 0 Å². The summed E-state index contributed by atoms with van der Waals surface area (Å²) in [5, 5.41) is 3.29. The third kappa shape index (κ3) is 2.37. The molecule has 3 N–H and O–H groups in total. The van der Waals surface area contributed by atoms with Gasteiger partial charge in [0.1, 0.15) is 0 Å². The Morgan fingerprint density at radius 1 is 1.50 bits per heavy atom. The van der Waals surface area contributed by atoms with Gasteiger partial charge in [-0.1, -0.05) is 0 Å². The van der Waals surface area contributed by atoms with Crippen molar-refractivity contribution >= 4 is 6.03 Å². The van der Waals surface area contributed by atoms with Crippen LogP contribution in [0.3, 0.4) is 0 Å². The molecule has 1 fully saturated rings. The molecule has 0 aromatic carbocycles. The Morgan fingerprint density at radius 3 is 2.92 bits per heavy atom. The first-order valence-electron chi connectivity index (χ1n) is 4.45. The van der Waals surface area contributed by atoms with Crippen molar-refractivity contribution in [1.29, 1.82) is 0 Å². The average Bonchev–Trinajstić information content (AvgIpc) is 2.30. The van der Waals surface area contributed by atoms with Gasteiger partial charge in [-0.3, -0.25) is 0 Å². The van der Waals surface area contributed by atoms with Crippen LogP contribution in [0.5, 0.6) is 0 Å². The number of rotatable bonds is 1. The Balaban J connectivity index is 2.42. The Bertz CT molecular complexity index is 152. The van der Waals surface area contributed by atoms with Crippen LogP contribution in [0.25, 0.3) is 0 Å². The highest BCUT2D eigenvalue weighted by atomic mass is 16.2. The minimum atomic E-state index is -0.318. The molecular formula is C8H17N3O. The van der Waals surface area contributed by atoms with Crippen molar-refractivity contribution in [2.75, 3.05) is 20.1 Å². The largest absolute Gasteiger partial charge is 0.351 e. The molecule has 1 aliphatic heterocycles. The lowest BCUT2D eigenvalue weighted by Crippen LogP contribution is -2.40. The Kier molecular flexibility index (Phi) is 3.34. The standard InChI is InChI=1S/C8H17N3O/c1-11(8(9)12)7-3-2-5-10-6-4-7/h7,10H,2-6H2,1H3,(H2,9,12). The van der Waals surface area contributed by atoms with E-state index < -0.39 is 0 Å². The van der Waals surface area contributed by atoms with E-state index in [1.807, 2.05) is 0 Å². The monoisotopic (exact) mass is 171 g/mol. The number of amides is 2. The Labute approximate surface area is 73.1 Å². The van der Waals surface area contributed by atoms with E-state index in [1.54, 1.807) is 11.9 Å². The number of primary amides is 1. The quantitative estimate of drug-likeness (QED) is 0.589. The van der Waals surface area contributed by atoms with Gasteiger partial charge in [-0.05, 0) is 32.4 Å². The molecule has 70 valence electrons. The molecule has 0 aromatic heterocycles. The van der Waals surface area contributed by atoms with Crippen molar-refractivity contribution < 1.29 is 4.79 Å². The van der Waals surface area contributed by atoms with E-state index in [0.717, 1.165) is 32.4 Å². The number of carbonyl (C=O) groups excluding carboxylic acids is 1. The summed E-state index contributed by atoms with van der Waals surface area (Å²) in [5.41, 5.74) is 5.18. The molecule has 1 atom stereocenters. The predicted octanol–water partition coefficient (Wildman–Crippen LogP) is 0.139. The highest BCUT2D eigenvalue weighted by molar-refractivity contribution is 5.71. The minimum Gasteiger partial charge on any atom is -0.351 e. The number of nitrogens with zero attached hydrogens (tertiary/aromatic N) is 1. The SMILES string of the molecule is CN(C(N)=O)C1CCCNCC1. The first-order chi connectivity index (χ1) is 5.72. The van der Waals surface area contributed by atoms with Crippen LogP contribution in [0.2, 0.25) is 0 Å². The third-order valence-corrected chi connectivity index (χ3v) is 2.44. The first-order valence-corrected chi connectivity index (χ1v) is 4.45. The lowest BCUT2D eigenvalue weighted by atomic mass is 10.1. The van der Waals surface area contributed by atoms with Crippen molar-refractivity contribution in [1.82, 2.24) is 10.2 Å². The fourth-order valence-corrected chi connectivity index (χ4v) is 1.57. The fourth-order valence-electron chi connectivity index (χ4n) is 1.57. The second-order valence-electron chi connectivity index (χ2n) is 3.28. The summed E-state index contributed by atoms with van der Waals surface area (Å²) in [6.45, 7) is 2.05. The molecule has 1 heterocycles. The zero-order valence-corrected chi connectivity index (χ0v) is 7.55. The molecular weight excluding hydrogens is 154 g/mol. The molecule has 1 aliphatic rings. The fraction of sp³-hybridized carbons (Fsp3) is 0.875. The van der Waals surface area contributed by atoms with Gasteiger partial charge >= 0.3 is 6.03 Å². The average molecular weight is 171 g/mol. The first kappa shape index (κ1) is 9.32. The molecule has 0 radical (unpaired) electrons. The van der Waals surface area contributed by atoms with Crippen LogP contribution in [-0.4, -0.2) is 37.1 Å². The van der Waals surface area contributed by atoms with Crippen LogP contribution in [0, 0.1) is 0 Å². The summed E-state index contributed by atoms with van der Waals surface area (Å²) in [6.07, 6.45) is 3.20. The molecule has 0 aromatic rings. The third-order valence-electron chi connectivity index (χ3n) is 2.44. The van der Waals surface area contributed by atoms with E-state index >= 15 is 0 Å². The molecule has 4 heteroatoms. The second kappa shape index (κ2) is 4.30. The summed E-state index contributed by atoms with van der Waals surface area (Å²) >= 11 is 0. The predicted molar refractivity (Wildman–Crippen MR) is 47.9 cm³/mol. The molecule has 4 nitrogen and oxygen atoms in total. The molecule has 1 saturated heterocycles. The second-order valence-corrected chi connectivity index (χ2v) is 3.28. The number of carbonyl (C=O) groups is 1. The molecule has 0 spiro atoms. The van der Waals surface area contributed by atoms with Gasteiger partial charge in [0.15, 0.2) is 0 Å². The highest BCUT2D eigenvalue weighted by Crippen LogP contribution is 2.10. The topological polar surface area (TPSA) is 58.4 Å². The van der Waals surface area contributed by atoms with Gasteiger partial charge in [0, 0.05) is 13.1 Å². The summed E-state index contributed by atoms with van der Waals surface area (Å²) in [6, 6.07) is 0.0133. The summed E-state index contributed by atoms with van der Waals surface area (Å²) < 4.78 is 0. The van der Waals surface area contributed by atoms with Crippen LogP contribution < -0.4 is 11.1 Å². The van der Waals surface area contributed by atoms with Crippen molar-refractivity contribution in [3.05, 3.63) is 0 Å². The van der Waals surface area contributed by atoms with E-state index in [4.69, 9.17) is 5.73 Å². The number of hydrogen-bond donors (Lipinski definition) is 2. The maximum atomic E-state index is 10.8. The maximum absolute atomic E-state index is 10.8. The maximum Gasteiger partial charge on any atom is 0.314 e. The zero-order valence-electron chi connectivity index (χ0n) is 7.55. The van der Waals surface area contributed by atoms with Crippen LogP contribution >= 0.6 is 0 Å². The minimum absolute atomic E-state index is 0.318. The zero-order chi connectivity index (χ0) is 8.97. The van der Waals surface area contributed by atoms with Crippen molar-refractivity contribution in [2.24, 2.45) is 5.73 Å². The summed E-state index contributed by atoms with van der Waals surface area (Å²) in [7, 11) is 1.78. The van der Waals surface area contributed by atoms with Crippen LogP contribution in [0.15, 0.2) is 0 Å². The molecule has 0 aliphatic carbocycles. The van der Waals surface area contributed by atoms with Crippen molar-refractivity contribution in [3.8, 4) is 0 Å². The highest BCUT2D eigenvalue weighted by Gasteiger charge is 2.18. The smallest absolute Gasteiger partial charge is 0.314 e. The van der Waals surface area contributed by atoms with Crippen LogP contribution in [0.1, 0.15) is 19.3 Å². The van der Waals surface area contributed by atoms with Gasteiger partial charge in [-0.2, -0.15) is 0 Å². The Morgan fingerprint density at radius 2 is 2.25 bits per heavy atom. The van der Waals surface area contributed by atoms with Crippen LogP contribution in [0.4, 0.5) is 4.79 Å². The number of nitrogens with two attached hydrogens (primary N) is 1. The van der Waals surface area contributed by atoms with Crippen LogP contribution in [-0.2, 0) is 0 Å². The lowest BCUT2D eigenvalue weighted by molar-refractivity contribution is 0.194. The summed E-state index contributed by atoms with van der Waals surface area (Å²) in [4.78, 5) is 12.5. The molecule has 12 heavy (non-hydrogen) atoms. The van der Waals surface area contributed by atoms with Gasteiger partial charge in [-0.15, -0.1) is 0 Å². The lowest BCUT2D eigenvalue weighted by Gasteiger charge is -2.24. The number of urea groups is 1. The van der Waals surface area contributed by atoms with E-state index in [1.165, 1.54) is 0 Å². The van der Waals surface area contributed by atoms with Gasteiger partial charge in [0.05, 0.1) is 0 Å². The summed E-state index contributed by atoms with van der Waals surface area (Å²) in [5.74, 6) is 0. The number of hydrogen-bond acceptors (Lipinski definition) is 2. The Hall–Kier alpha value is -0.770. The molecule has 2 amide bonds. The van der Waals surface area contributed by atoms with Crippen molar-refractivity contribution in [2.45, 2.75) is 25.3 Å². The van der Waals surface area contributed by atoms with Crippen molar-refractivity contribution in [3.63, 3.8) is 0 Å². The van der Waals surface area contributed by atoms with Gasteiger partial charge in [0.2, 0.25) is 0 Å². The van der Waals surface area contributed by atoms with E-state index in [0.29, 0.717) is 6.04 Å². The molecule has 1 unspecified atom stereocenters. The van der Waals surface area contributed by atoms with Gasteiger partial charge < -0.3 is 16.0 Å². The molecule has 0 saturated carbocycles.